The van der Waals surface area contributed by atoms with Gasteiger partial charge in [-0.1, -0.05) is 18.5 Å². The van der Waals surface area contributed by atoms with Crippen molar-refractivity contribution in [3.63, 3.8) is 0 Å². The molecule has 1 saturated heterocycles. The first-order valence-corrected chi connectivity index (χ1v) is 10.9. The van der Waals surface area contributed by atoms with Crippen molar-refractivity contribution in [3.8, 4) is 0 Å². The van der Waals surface area contributed by atoms with Crippen LogP contribution >= 0.6 is 11.6 Å². The monoisotopic (exact) mass is 416 g/mol. The maximum absolute atomic E-state index is 13.2. The predicted octanol–water partition coefficient (Wildman–Crippen LogP) is 2.50. The summed E-state index contributed by atoms with van der Waals surface area (Å²) in [6.45, 7) is 2.22. The van der Waals surface area contributed by atoms with Gasteiger partial charge >= 0.3 is 5.97 Å². The minimum Gasteiger partial charge on any atom is -0.481 e. The Balaban J connectivity index is 2.36. The number of carboxylic acids is 1. The van der Waals surface area contributed by atoms with Gasteiger partial charge < -0.3 is 10.4 Å². The molecule has 1 heterocycles. The number of halogens is 1. The van der Waals surface area contributed by atoms with Crippen molar-refractivity contribution in [2.45, 2.75) is 50.0 Å². The second-order valence-corrected chi connectivity index (χ2v) is 8.93. The van der Waals surface area contributed by atoms with Crippen molar-refractivity contribution in [1.82, 2.24) is 9.62 Å². The third-order valence-electron chi connectivity index (χ3n) is 4.81. The van der Waals surface area contributed by atoms with Gasteiger partial charge in [0.25, 0.3) is 0 Å². The van der Waals surface area contributed by atoms with Crippen LogP contribution in [-0.2, 0) is 19.6 Å². The normalized spacial score (nSPS) is 19.4. The molecule has 1 aliphatic heterocycles. The van der Waals surface area contributed by atoms with E-state index in [4.69, 9.17) is 11.6 Å². The highest BCUT2D eigenvalue weighted by atomic mass is 35.5. The first-order valence-electron chi connectivity index (χ1n) is 9.05. The maximum atomic E-state index is 13.2. The summed E-state index contributed by atoms with van der Waals surface area (Å²) in [7, 11) is -3.98. The van der Waals surface area contributed by atoms with E-state index in [1.807, 2.05) is 0 Å². The molecule has 7 nitrogen and oxygen atoms in total. The molecule has 27 heavy (non-hydrogen) atoms. The lowest BCUT2D eigenvalue weighted by Gasteiger charge is -2.30. The Labute approximate surface area is 164 Å². The van der Waals surface area contributed by atoms with E-state index in [1.165, 1.54) is 24.3 Å². The molecule has 0 bridgehead atoms. The van der Waals surface area contributed by atoms with Gasteiger partial charge in [0.15, 0.2) is 0 Å². The average Bonchev–Trinajstić information content (AvgIpc) is 2.83. The number of sulfonamides is 1. The number of hydrogen-bond donors (Lipinski definition) is 2. The highest BCUT2D eigenvalue weighted by molar-refractivity contribution is 7.89. The fourth-order valence-corrected chi connectivity index (χ4v) is 4.93. The number of hydrogen-bond acceptors (Lipinski definition) is 4. The third kappa shape index (κ3) is 5.43. The largest absolute Gasteiger partial charge is 0.481 e. The Morgan fingerprint density at radius 3 is 2.59 bits per heavy atom. The van der Waals surface area contributed by atoms with Crippen LogP contribution in [0, 0.1) is 5.92 Å². The summed E-state index contributed by atoms with van der Waals surface area (Å²) >= 11 is 5.85. The molecule has 2 atom stereocenters. The van der Waals surface area contributed by atoms with Gasteiger partial charge in [0, 0.05) is 18.1 Å². The molecule has 0 aromatic heterocycles. The minimum absolute atomic E-state index is 0.0339. The summed E-state index contributed by atoms with van der Waals surface area (Å²) < 4.78 is 27.6. The van der Waals surface area contributed by atoms with Gasteiger partial charge in [-0.05, 0) is 56.4 Å². The van der Waals surface area contributed by atoms with E-state index in [2.05, 4.69) is 5.32 Å². The van der Waals surface area contributed by atoms with Crippen molar-refractivity contribution in [3.05, 3.63) is 29.3 Å². The zero-order valence-electron chi connectivity index (χ0n) is 15.2. The summed E-state index contributed by atoms with van der Waals surface area (Å²) in [6, 6.07) is 4.90. The van der Waals surface area contributed by atoms with Crippen molar-refractivity contribution in [2.75, 3.05) is 13.1 Å². The van der Waals surface area contributed by atoms with Gasteiger partial charge in [-0.25, -0.2) is 8.42 Å². The number of carbonyl (C=O) groups is 2. The number of aliphatic carboxylic acids is 1. The van der Waals surface area contributed by atoms with E-state index < -0.39 is 28.0 Å². The number of carboxylic acid groups (broad SMARTS) is 1. The van der Waals surface area contributed by atoms with E-state index >= 15 is 0 Å². The highest BCUT2D eigenvalue weighted by Gasteiger charge is 2.37. The quantitative estimate of drug-likeness (QED) is 0.677. The van der Waals surface area contributed by atoms with Crippen LogP contribution < -0.4 is 5.32 Å². The van der Waals surface area contributed by atoms with Crippen LogP contribution in [0.1, 0.15) is 39.0 Å². The molecule has 9 heteroatoms. The summed E-state index contributed by atoms with van der Waals surface area (Å²) in [6.07, 6.45) is 2.43. The van der Waals surface area contributed by atoms with Gasteiger partial charge in [0.05, 0.1) is 10.8 Å². The topological polar surface area (TPSA) is 104 Å². The lowest BCUT2D eigenvalue weighted by atomic mass is 10.0. The second kappa shape index (κ2) is 9.52. The average molecular weight is 417 g/mol. The Bertz CT molecular complexity index is 766. The Kier molecular flexibility index (Phi) is 7.64. The Morgan fingerprint density at radius 1 is 1.33 bits per heavy atom. The first kappa shape index (κ1) is 21.7. The first-order chi connectivity index (χ1) is 12.8. The standard InChI is InChI=1S/C18H25ClN2O5S/c1-2-13(18(23)24)10-12-21(16-5-3-4-11-20-17(16)22)27(25,26)15-8-6-14(19)7-9-15/h6-9,13,16H,2-5,10-12H2,1H3,(H,20,22)(H,23,24)/t13?,16-/m1/s1. The van der Waals surface area contributed by atoms with Crippen molar-refractivity contribution < 1.29 is 23.1 Å². The smallest absolute Gasteiger partial charge is 0.306 e. The zero-order valence-corrected chi connectivity index (χ0v) is 16.8. The second-order valence-electron chi connectivity index (χ2n) is 6.60. The number of nitrogens with zero attached hydrogens (tertiary/aromatic N) is 1. The Hall–Kier alpha value is -1.64. The van der Waals surface area contributed by atoms with Crippen LogP contribution in [0.5, 0.6) is 0 Å². The van der Waals surface area contributed by atoms with Gasteiger partial charge in [0.1, 0.15) is 6.04 Å². The lowest BCUT2D eigenvalue weighted by molar-refractivity contribution is -0.142. The van der Waals surface area contributed by atoms with E-state index in [0.29, 0.717) is 30.8 Å². The molecule has 0 spiro atoms. The minimum atomic E-state index is -3.98. The molecule has 0 radical (unpaired) electrons. The van der Waals surface area contributed by atoms with Crippen LogP contribution in [0.25, 0.3) is 0 Å². The fourth-order valence-electron chi connectivity index (χ4n) is 3.17. The molecule has 1 unspecified atom stereocenters. The van der Waals surface area contributed by atoms with Crippen LogP contribution in [0.15, 0.2) is 29.2 Å². The molecule has 2 rings (SSSR count). The summed E-state index contributed by atoms with van der Waals surface area (Å²) in [5.74, 6) is -1.97. The molecule has 150 valence electrons. The van der Waals surface area contributed by atoms with E-state index in [0.717, 1.165) is 10.7 Å². The predicted molar refractivity (Wildman–Crippen MR) is 102 cm³/mol. The Morgan fingerprint density at radius 2 is 2.00 bits per heavy atom. The zero-order chi connectivity index (χ0) is 20.0. The maximum Gasteiger partial charge on any atom is 0.306 e. The van der Waals surface area contributed by atoms with Crippen LogP contribution in [0.4, 0.5) is 0 Å². The van der Waals surface area contributed by atoms with Crippen LogP contribution in [0.3, 0.4) is 0 Å². The highest BCUT2D eigenvalue weighted by Crippen LogP contribution is 2.25. The molecule has 0 saturated carbocycles. The van der Waals surface area contributed by atoms with E-state index in [-0.39, 0.29) is 23.8 Å². The van der Waals surface area contributed by atoms with Crippen molar-refractivity contribution >= 4 is 33.5 Å². The lowest BCUT2D eigenvalue weighted by Crippen LogP contribution is -2.49. The molecule has 1 fully saturated rings. The fraction of sp³-hybridized carbons (Fsp3) is 0.556. The van der Waals surface area contributed by atoms with E-state index in [9.17, 15) is 23.1 Å². The molecule has 1 amide bonds. The summed E-state index contributed by atoms with van der Waals surface area (Å²) in [5, 5.41) is 12.4. The molecular formula is C18H25ClN2O5S. The number of benzene rings is 1. The van der Waals surface area contributed by atoms with Crippen LogP contribution in [0.2, 0.25) is 5.02 Å². The van der Waals surface area contributed by atoms with Crippen LogP contribution in [-0.4, -0.2) is 48.8 Å². The number of nitrogens with one attached hydrogen (secondary N) is 1. The number of amides is 1. The molecule has 2 N–H and O–H groups in total. The third-order valence-corrected chi connectivity index (χ3v) is 6.99. The summed E-state index contributed by atoms with van der Waals surface area (Å²) in [5.41, 5.74) is 0. The van der Waals surface area contributed by atoms with Crippen molar-refractivity contribution in [2.24, 2.45) is 5.92 Å². The number of rotatable bonds is 8. The van der Waals surface area contributed by atoms with Gasteiger partial charge in [-0.15, -0.1) is 0 Å². The summed E-state index contributed by atoms with van der Waals surface area (Å²) in [4.78, 5) is 23.8. The molecule has 1 aromatic carbocycles. The molecule has 1 aliphatic rings. The molecule has 0 aliphatic carbocycles. The molecule has 1 aromatic rings. The SMILES string of the molecule is CCC(CCN([C@@H]1CCCCNC1=O)S(=O)(=O)c1ccc(Cl)cc1)C(=O)O. The van der Waals surface area contributed by atoms with E-state index in [1.54, 1.807) is 6.92 Å². The van der Waals surface area contributed by atoms with Gasteiger partial charge in [-0.3, -0.25) is 9.59 Å². The van der Waals surface area contributed by atoms with Gasteiger partial charge in [-0.2, -0.15) is 4.31 Å². The van der Waals surface area contributed by atoms with Crippen molar-refractivity contribution in [1.29, 1.82) is 0 Å². The molecular weight excluding hydrogens is 392 g/mol. The number of carbonyl (C=O) groups excluding carboxylic acids is 1. The van der Waals surface area contributed by atoms with Gasteiger partial charge in [0.2, 0.25) is 15.9 Å².